The molecule has 3 rings (SSSR count). The summed E-state index contributed by atoms with van der Waals surface area (Å²) in [5.41, 5.74) is -1.61. The molecule has 0 aliphatic carbocycles. The highest BCUT2D eigenvalue weighted by molar-refractivity contribution is 5.85. The van der Waals surface area contributed by atoms with Crippen molar-refractivity contribution in [2.45, 2.75) is 26.6 Å². The van der Waals surface area contributed by atoms with Crippen molar-refractivity contribution >= 4 is 23.3 Å². The fourth-order valence-corrected chi connectivity index (χ4v) is 3.35. The molecule has 0 aliphatic heterocycles. The number of halogens is 4. The van der Waals surface area contributed by atoms with Crippen molar-refractivity contribution in [3.05, 3.63) is 74.9 Å². The molecule has 9 heteroatoms. The summed E-state index contributed by atoms with van der Waals surface area (Å²) >= 11 is 0. The van der Waals surface area contributed by atoms with Crippen LogP contribution in [-0.2, 0) is 12.7 Å². The summed E-state index contributed by atoms with van der Waals surface area (Å²) in [5.74, 6) is 0. The lowest BCUT2D eigenvalue weighted by atomic mass is 10.1. The average molecular weight is 442 g/mol. The highest BCUT2D eigenvalue weighted by atomic mass is 35.5. The second kappa shape index (κ2) is 9.49. The van der Waals surface area contributed by atoms with E-state index in [2.05, 4.69) is 4.90 Å². The summed E-state index contributed by atoms with van der Waals surface area (Å²) in [6, 6.07) is 11.0. The zero-order valence-corrected chi connectivity index (χ0v) is 17.5. The summed E-state index contributed by atoms with van der Waals surface area (Å²) in [6.45, 7) is 6.13. The Bertz CT molecular complexity index is 1130. The molecule has 0 radical (unpaired) electrons. The molecular weight excluding hydrogens is 419 g/mol. The van der Waals surface area contributed by atoms with Crippen LogP contribution >= 0.6 is 12.4 Å². The number of alkyl halides is 3. The predicted octanol–water partition coefficient (Wildman–Crippen LogP) is 3.93. The van der Waals surface area contributed by atoms with Gasteiger partial charge in [0.1, 0.15) is 0 Å². The van der Waals surface area contributed by atoms with Crippen molar-refractivity contribution in [2.75, 3.05) is 19.6 Å². The Hall–Kier alpha value is -2.58. The summed E-state index contributed by atoms with van der Waals surface area (Å²) < 4.78 is 41.8. The maximum atomic E-state index is 13.2. The number of fused-ring (bicyclic) bond motifs is 1. The molecule has 30 heavy (non-hydrogen) atoms. The normalized spacial score (nSPS) is 11.7. The van der Waals surface area contributed by atoms with Crippen LogP contribution in [0.1, 0.15) is 19.4 Å². The van der Waals surface area contributed by atoms with Gasteiger partial charge < -0.3 is 4.90 Å². The van der Waals surface area contributed by atoms with E-state index < -0.39 is 23.0 Å². The summed E-state index contributed by atoms with van der Waals surface area (Å²) in [5, 5.41) is 0.282. The topological polar surface area (TPSA) is 47.2 Å². The lowest BCUT2D eigenvalue weighted by Crippen LogP contribution is -2.42. The van der Waals surface area contributed by atoms with E-state index >= 15 is 0 Å². The van der Waals surface area contributed by atoms with Crippen LogP contribution in [0.5, 0.6) is 0 Å². The Morgan fingerprint density at radius 2 is 1.63 bits per heavy atom. The molecule has 0 aliphatic rings. The Morgan fingerprint density at radius 1 is 0.967 bits per heavy atom. The number of rotatable bonds is 6. The third-order valence-corrected chi connectivity index (χ3v) is 5.01. The highest BCUT2D eigenvalue weighted by Gasteiger charge is 2.30. The van der Waals surface area contributed by atoms with Crippen molar-refractivity contribution in [1.82, 2.24) is 14.0 Å². The minimum Gasteiger partial charge on any atom is -0.302 e. The van der Waals surface area contributed by atoms with Crippen LogP contribution in [0.3, 0.4) is 0 Å². The number of benzene rings is 2. The summed E-state index contributed by atoms with van der Waals surface area (Å²) in [7, 11) is 0. The van der Waals surface area contributed by atoms with Crippen LogP contribution in [0.15, 0.2) is 58.1 Å². The quantitative estimate of drug-likeness (QED) is 0.582. The standard InChI is InChI=1S/C21H22F3N3O2.ClH/c1-3-25(4-2)12-13-26-19(28)17-10-5-6-11-18(17)27(20(26)29)16-9-7-8-15(14-16)21(22,23)24;/h5-11,14H,3-4,12-13H2,1-2H3;1H. The van der Waals surface area contributed by atoms with E-state index in [9.17, 15) is 22.8 Å². The van der Waals surface area contributed by atoms with E-state index in [1.165, 1.54) is 16.7 Å². The molecule has 0 saturated carbocycles. The lowest BCUT2D eigenvalue weighted by molar-refractivity contribution is -0.137. The highest BCUT2D eigenvalue weighted by Crippen LogP contribution is 2.30. The molecule has 162 valence electrons. The fraction of sp³-hybridized carbons (Fsp3) is 0.333. The van der Waals surface area contributed by atoms with E-state index in [0.717, 1.165) is 29.8 Å². The molecule has 5 nitrogen and oxygen atoms in total. The molecule has 0 fully saturated rings. The van der Waals surface area contributed by atoms with Crippen LogP contribution in [-0.4, -0.2) is 33.7 Å². The van der Waals surface area contributed by atoms with Crippen LogP contribution in [0.25, 0.3) is 16.6 Å². The van der Waals surface area contributed by atoms with Gasteiger partial charge in [-0.25, -0.2) is 4.79 Å². The van der Waals surface area contributed by atoms with Crippen LogP contribution in [0.2, 0.25) is 0 Å². The van der Waals surface area contributed by atoms with Gasteiger partial charge in [0.25, 0.3) is 5.56 Å². The minimum absolute atomic E-state index is 0. The van der Waals surface area contributed by atoms with E-state index in [1.54, 1.807) is 24.3 Å². The Morgan fingerprint density at radius 3 is 2.27 bits per heavy atom. The SMILES string of the molecule is CCN(CC)CCn1c(=O)c2ccccc2n(-c2cccc(C(F)(F)F)c2)c1=O.Cl. The minimum atomic E-state index is -4.54. The van der Waals surface area contributed by atoms with Gasteiger partial charge in [-0.1, -0.05) is 32.0 Å². The van der Waals surface area contributed by atoms with Crippen LogP contribution < -0.4 is 11.2 Å². The number of hydrogen-bond donors (Lipinski definition) is 0. The van der Waals surface area contributed by atoms with Crippen LogP contribution in [0, 0.1) is 0 Å². The maximum Gasteiger partial charge on any atom is 0.416 e. The molecular formula is C21H23ClF3N3O2. The molecule has 0 unspecified atom stereocenters. The van der Waals surface area contributed by atoms with E-state index in [-0.39, 0.29) is 35.5 Å². The third-order valence-electron chi connectivity index (χ3n) is 5.01. The zero-order valence-electron chi connectivity index (χ0n) is 16.6. The molecule has 0 amide bonds. The first kappa shape index (κ1) is 23.7. The van der Waals surface area contributed by atoms with Gasteiger partial charge >= 0.3 is 11.9 Å². The predicted molar refractivity (Wildman–Crippen MR) is 114 cm³/mol. The second-order valence-corrected chi connectivity index (χ2v) is 6.67. The van der Waals surface area contributed by atoms with E-state index in [4.69, 9.17) is 0 Å². The van der Waals surface area contributed by atoms with Gasteiger partial charge in [-0.2, -0.15) is 13.2 Å². The molecule has 0 spiro atoms. The van der Waals surface area contributed by atoms with Gasteiger partial charge in [-0.15, -0.1) is 12.4 Å². The average Bonchev–Trinajstić information content (AvgIpc) is 2.70. The third kappa shape index (κ3) is 4.60. The fourth-order valence-electron chi connectivity index (χ4n) is 3.35. The number of para-hydroxylation sites is 1. The van der Waals surface area contributed by atoms with Gasteiger partial charge in [0.05, 0.1) is 22.2 Å². The van der Waals surface area contributed by atoms with Crippen molar-refractivity contribution in [3.8, 4) is 5.69 Å². The number of aromatic nitrogens is 2. The van der Waals surface area contributed by atoms with E-state index in [0.29, 0.717) is 6.54 Å². The molecule has 0 saturated heterocycles. The summed E-state index contributed by atoms with van der Waals surface area (Å²) in [6.07, 6.45) is -4.54. The first-order valence-corrected chi connectivity index (χ1v) is 9.42. The number of nitrogens with zero attached hydrogens (tertiary/aromatic N) is 3. The van der Waals surface area contributed by atoms with Gasteiger partial charge in [0, 0.05) is 13.1 Å². The monoisotopic (exact) mass is 441 g/mol. The van der Waals surface area contributed by atoms with Crippen LogP contribution in [0.4, 0.5) is 13.2 Å². The van der Waals surface area contributed by atoms with Crippen molar-refractivity contribution in [2.24, 2.45) is 0 Å². The zero-order chi connectivity index (χ0) is 21.2. The van der Waals surface area contributed by atoms with Gasteiger partial charge in [-0.3, -0.25) is 13.9 Å². The van der Waals surface area contributed by atoms with Crippen molar-refractivity contribution < 1.29 is 13.2 Å². The first-order valence-electron chi connectivity index (χ1n) is 9.42. The Labute approximate surface area is 177 Å². The lowest BCUT2D eigenvalue weighted by Gasteiger charge is -2.20. The largest absolute Gasteiger partial charge is 0.416 e. The number of hydrogen-bond acceptors (Lipinski definition) is 3. The van der Waals surface area contributed by atoms with Gasteiger partial charge in [0.15, 0.2) is 0 Å². The molecule has 3 aromatic rings. The van der Waals surface area contributed by atoms with Crippen molar-refractivity contribution in [3.63, 3.8) is 0 Å². The van der Waals surface area contributed by atoms with Gasteiger partial charge in [0.2, 0.25) is 0 Å². The maximum absolute atomic E-state index is 13.2. The molecule has 0 atom stereocenters. The van der Waals surface area contributed by atoms with Crippen molar-refractivity contribution in [1.29, 1.82) is 0 Å². The Balaban J connectivity index is 0.00000320. The first-order chi connectivity index (χ1) is 13.8. The Kier molecular flexibility index (Phi) is 7.49. The number of likely N-dealkylation sites (N-methyl/N-ethyl adjacent to an activating group) is 1. The van der Waals surface area contributed by atoms with E-state index in [1.807, 2.05) is 13.8 Å². The molecule has 0 N–H and O–H groups in total. The molecule has 1 heterocycles. The second-order valence-electron chi connectivity index (χ2n) is 6.67. The molecule has 0 bridgehead atoms. The molecule has 2 aromatic carbocycles. The molecule has 1 aromatic heterocycles. The summed E-state index contributed by atoms with van der Waals surface area (Å²) in [4.78, 5) is 28.1. The van der Waals surface area contributed by atoms with Gasteiger partial charge in [-0.05, 0) is 43.4 Å². The smallest absolute Gasteiger partial charge is 0.302 e.